The van der Waals surface area contributed by atoms with Gasteiger partial charge in [-0.1, -0.05) is 0 Å². The van der Waals surface area contributed by atoms with E-state index in [9.17, 15) is 4.79 Å². The lowest BCUT2D eigenvalue weighted by Crippen LogP contribution is -2.15. The summed E-state index contributed by atoms with van der Waals surface area (Å²) < 4.78 is 1.10. The quantitative estimate of drug-likeness (QED) is 0.799. The maximum absolute atomic E-state index is 11.6. The Balaban J connectivity index is 1.95. The van der Waals surface area contributed by atoms with Gasteiger partial charge in [-0.3, -0.25) is 4.79 Å². The van der Waals surface area contributed by atoms with E-state index in [-0.39, 0.29) is 5.91 Å². The average Bonchev–Trinajstić information content (AvgIpc) is 2.76. The molecule has 1 aromatic heterocycles. The summed E-state index contributed by atoms with van der Waals surface area (Å²) in [6.07, 6.45) is 1.40. The first kappa shape index (κ1) is 12.0. The fraction of sp³-hybridized carbons (Fsp3) is 0.333. The zero-order valence-corrected chi connectivity index (χ0v) is 10.5. The minimum absolute atomic E-state index is 0.0594. The molecule has 0 aliphatic carbocycles. The second-order valence-corrected chi connectivity index (χ2v) is 4.68. The van der Waals surface area contributed by atoms with Crippen molar-refractivity contribution in [1.29, 1.82) is 0 Å². The van der Waals surface area contributed by atoms with E-state index in [1.54, 1.807) is 11.3 Å². The summed E-state index contributed by atoms with van der Waals surface area (Å²) in [6.45, 7) is 0.862. The van der Waals surface area contributed by atoms with Crippen molar-refractivity contribution in [3.63, 3.8) is 0 Å². The average molecular weight is 249 g/mol. The molecular weight excluding hydrogens is 234 g/mol. The molecule has 0 atom stereocenters. The maximum atomic E-state index is 11.6. The molecule has 0 saturated carbocycles. The lowest BCUT2D eigenvalue weighted by atomic mass is 10.2. The van der Waals surface area contributed by atoms with Crippen LogP contribution in [0.25, 0.3) is 10.2 Å². The SMILES string of the molecule is CNCCCC(=O)Nc1ccc2ncsc2c1. The summed E-state index contributed by atoms with van der Waals surface area (Å²) in [5, 5.41) is 5.92. The van der Waals surface area contributed by atoms with Gasteiger partial charge in [0.2, 0.25) is 5.91 Å². The number of rotatable bonds is 5. The van der Waals surface area contributed by atoms with Crippen molar-refractivity contribution in [3.8, 4) is 0 Å². The van der Waals surface area contributed by atoms with Gasteiger partial charge < -0.3 is 10.6 Å². The van der Waals surface area contributed by atoms with Crippen molar-refractivity contribution in [1.82, 2.24) is 10.3 Å². The second-order valence-electron chi connectivity index (χ2n) is 3.79. The predicted molar refractivity (Wildman–Crippen MR) is 71.4 cm³/mol. The Hall–Kier alpha value is -1.46. The molecule has 90 valence electrons. The van der Waals surface area contributed by atoms with Crippen LogP contribution in [0.2, 0.25) is 0 Å². The summed E-state index contributed by atoms with van der Waals surface area (Å²) in [5.74, 6) is 0.0594. The van der Waals surface area contributed by atoms with Gasteiger partial charge in [0.05, 0.1) is 15.7 Å². The molecule has 2 rings (SSSR count). The van der Waals surface area contributed by atoms with Crippen LogP contribution in [-0.4, -0.2) is 24.5 Å². The number of anilines is 1. The van der Waals surface area contributed by atoms with E-state index >= 15 is 0 Å². The van der Waals surface area contributed by atoms with Crippen LogP contribution in [0, 0.1) is 0 Å². The van der Waals surface area contributed by atoms with Crippen molar-refractivity contribution < 1.29 is 4.79 Å². The molecule has 0 aliphatic heterocycles. The molecule has 0 unspecified atom stereocenters. The van der Waals surface area contributed by atoms with Crippen LogP contribution in [0.4, 0.5) is 5.69 Å². The number of hydrogen-bond donors (Lipinski definition) is 2. The summed E-state index contributed by atoms with van der Waals surface area (Å²) >= 11 is 1.58. The number of carbonyl (C=O) groups is 1. The van der Waals surface area contributed by atoms with Crippen LogP contribution < -0.4 is 10.6 Å². The van der Waals surface area contributed by atoms with Gasteiger partial charge in [-0.25, -0.2) is 4.98 Å². The molecule has 1 amide bonds. The first-order valence-corrected chi connectivity index (χ1v) is 6.45. The van der Waals surface area contributed by atoms with Crippen molar-refractivity contribution in [3.05, 3.63) is 23.7 Å². The third-order valence-electron chi connectivity index (χ3n) is 2.45. The minimum atomic E-state index is 0.0594. The second kappa shape index (κ2) is 5.75. The highest BCUT2D eigenvalue weighted by Crippen LogP contribution is 2.21. The Morgan fingerprint density at radius 3 is 3.18 bits per heavy atom. The van der Waals surface area contributed by atoms with E-state index in [2.05, 4.69) is 15.6 Å². The smallest absolute Gasteiger partial charge is 0.224 e. The molecule has 0 fully saturated rings. The largest absolute Gasteiger partial charge is 0.326 e. The minimum Gasteiger partial charge on any atom is -0.326 e. The first-order valence-electron chi connectivity index (χ1n) is 5.57. The molecule has 0 aliphatic rings. The number of nitrogens with zero attached hydrogens (tertiary/aromatic N) is 1. The number of aromatic nitrogens is 1. The fourth-order valence-electron chi connectivity index (χ4n) is 1.58. The molecule has 2 aromatic rings. The summed E-state index contributed by atoms with van der Waals surface area (Å²) in [4.78, 5) is 15.8. The van der Waals surface area contributed by atoms with E-state index in [1.807, 2.05) is 30.8 Å². The van der Waals surface area contributed by atoms with E-state index in [4.69, 9.17) is 0 Å². The number of carbonyl (C=O) groups excluding carboxylic acids is 1. The van der Waals surface area contributed by atoms with Gasteiger partial charge in [0.25, 0.3) is 0 Å². The van der Waals surface area contributed by atoms with Crippen LogP contribution in [0.3, 0.4) is 0 Å². The van der Waals surface area contributed by atoms with Crippen LogP contribution in [0.5, 0.6) is 0 Å². The molecule has 1 heterocycles. The maximum Gasteiger partial charge on any atom is 0.224 e. The number of benzene rings is 1. The third kappa shape index (κ3) is 3.25. The van der Waals surface area contributed by atoms with E-state index < -0.39 is 0 Å². The number of nitrogens with one attached hydrogen (secondary N) is 2. The van der Waals surface area contributed by atoms with Crippen molar-refractivity contribution in [2.75, 3.05) is 18.9 Å². The molecule has 0 bridgehead atoms. The van der Waals surface area contributed by atoms with Crippen LogP contribution in [0.1, 0.15) is 12.8 Å². The Morgan fingerprint density at radius 2 is 2.35 bits per heavy atom. The Bertz CT molecular complexity index is 509. The Morgan fingerprint density at radius 1 is 1.47 bits per heavy atom. The standard InChI is InChI=1S/C12H15N3OS/c1-13-6-2-3-12(16)15-9-4-5-10-11(7-9)17-8-14-10/h4-5,7-8,13H,2-3,6H2,1H3,(H,15,16). The normalized spacial score (nSPS) is 10.6. The zero-order valence-electron chi connectivity index (χ0n) is 9.69. The monoisotopic (exact) mass is 249 g/mol. The van der Waals surface area contributed by atoms with Crippen molar-refractivity contribution in [2.24, 2.45) is 0 Å². The Kier molecular flexibility index (Phi) is 4.06. The molecule has 0 saturated heterocycles. The van der Waals surface area contributed by atoms with Crippen LogP contribution in [0.15, 0.2) is 23.7 Å². The van der Waals surface area contributed by atoms with Gasteiger partial charge in [-0.05, 0) is 38.2 Å². The molecular formula is C12H15N3OS. The lowest BCUT2D eigenvalue weighted by molar-refractivity contribution is -0.116. The van der Waals surface area contributed by atoms with Crippen molar-refractivity contribution >= 4 is 33.1 Å². The highest BCUT2D eigenvalue weighted by Gasteiger charge is 2.03. The molecule has 0 radical (unpaired) electrons. The Labute approximate surface area is 104 Å². The van der Waals surface area contributed by atoms with E-state index in [0.717, 1.165) is 28.9 Å². The highest BCUT2D eigenvalue weighted by atomic mass is 32.1. The summed E-state index contributed by atoms with van der Waals surface area (Å²) in [7, 11) is 1.88. The summed E-state index contributed by atoms with van der Waals surface area (Å²) in [6, 6.07) is 5.77. The van der Waals surface area contributed by atoms with Gasteiger partial charge in [0.1, 0.15) is 0 Å². The van der Waals surface area contributed by atoms with E-state index in [0.29, 0.717) is 6.42 Å². The molecule has 2 N–H and O–H groups in total. The fourth-order valence-corrected chi connectivity index (χ4v) is 2.30. The summed E-state index contributed by atoms with van der Waals surface area (Å²) in [5.41, 5.74) is 3.63. The lowest BCUT2D eigenvalue weighted by Gasteiger charge is -2.04. The van der Waals surface area contributed by atoms with Crippen molar-refractivity contribution in [2.45, 2.75) is 12.8 Å². The van der Waals surface area contributed by atoms with Crippen LogP contribution >= 0.6 is 11.3 Å². The number of fused-ring (bicyclic) bond motifs is 1. The molecule has 1 aromatic carbocycles. The van der Waals surface area contributed by atoms with Gasteiger partial charge in [0, 0.05) is 12.1 Å². The van der Waals surface area contributed by atoms with E-state index in [1.165, 1.54) is 0 Å². The zero-order chi connectivity index (χ0) is 12.1. The number of amides is 1. The highest BCUT2D eigenvalue weighted by molar-refractivity contribution is 7.16. The number of hydrogen-bond acceptors (Lipinski definition) is 4. The molecule has 5 heteroatoms. The van der Waals surface area contributed by atoms with Gasteiger partial charge in [-0.15, -0.1) is 11.3 Å². The van der Waals surface area contributed by atoms with Gasteiger partial charge >= 0.3 is 0 Å². The topological polar surface area (TPSA) is 54.0 Å². The molecule has 4 nitrogen and oxygen atoms in total. The predicted octanol–water partition coefficient (Wildman–Crippen LogP) is 2.23. The molecule has 0 spiro atoms. The third-order valence-corrected chi connectivity index (χ3v) is 3.24. The van der Waals surface area contributed by atoms with Gasteiger partial charge in [0.15, 0.2) is 0 Å². The molecule has 17 heavy (non-hydrogen) atoms. The van der Waals surface area contributed by atoms with Crippen LogP contribution in [-0.2, 0) is 4.79 Å². The number of thiazole rings is 1. The first-order chi connectivity index (χ1) is 8.29. The van der Waals surface area contributed by atoms with Gasteiger partial charge in [-0.2, -0.15) is 0 Å².